The maximum atomic E-state index is 5.89. The molecule has 0 N–H and O–H groups in total. The van der Waals surface area contributed by atoms with Crippen molar-refractivity contribution in [2.24, 2.45) is 5.92 Å². The molecular weight excluding hydrogens is 222 g/mol. The van der Waals surface area contributed by atoms with Crippen LogP contribution in [0.3, 0.4) is 0 Å². The normalized spacial score (nSPS) is 20.4. The third-order valence-electron chi connectivity index (χ3n) is 3.07. The molecule has 1 atom stereocenters. The number of nitrogens with zero attached hydrogens (tertiary/aromatic N) is 3. The molecule has 1 aliphatic heterocycles. The standard InChI is InChI=1S/C12H18ClN3/c1-3-11-6-12(15-9(2)14-11)16-5-4-10(7-13)8-16/h6,10H,3-5,7-8H2,1-2H3. The van der Waals surface area contributed by atoms with Gasteiger partial charge in [0.05, 0.1) is 0 Å². The summed E-state index contributed by atoms with van der Waals surface area (Å²) in [7, 11) is 0. The second-order valence-corrected chi connectivity index (χ2v) is 4.68. The Bertz CT molecular complexity index is 367. The van der Waals surface area contributed by atoms with Gasteiger partial charge in [-0.05, 0) is 25.7 Å². The molecule has 1 aromatic heterocycles. The van der Waals surface area contributed by atoms with E-state index in [4.69, 9.17) is 11.6 Å². The molecule has 0 aliphatic carbocycles. The van der Waals surface area contributed by atoms with E-state index in [1.807, 2.05) is 6.92 Å². The lowest BCUT2D eigenvalue weighted by Gasteiger charge is -2.18. The summed E-state index contributed by atoms with van der Waals surface area (Å²) in [6.45, 7) is 6.18. The summed E-state index contributed by atoms with van der Waals surface area (Å²) >= 11 is 5.89. The number of anilines is 1. The van der Waals surface area contributed by atoms with Gasteiger partial charge in [-0.2, -0.15) is 0 Å². The molecule has 1 saturated heterocycles. The minimum absolute atomic E-state index is 0.613. The van der Waals surface area contributed by atoms with E-state index in [1.165, 1.54) is 6.42 Å². The van der Waals surface area contributed by atoms with Gasteiger partial charge in [-0.15, -0.1) is 11.6 Å². The van der Waals surface area contributed by atoms with Crippen molar-refractivity contribution in [3.8, 4) is 0 Å². The average Bonchev–Trinajstić information content (AvgIpc) is 2.76. The first-order chi connectivity index (χ1) is 7.72. The van der Waals surface area contributed by atoms with Crippen molar-refractivity contribution in [1.82, 2.24) is 9.97 Å². The van der Waals surface area contributed by atoms with Gasteiger partial charge in [0, 0.05) is 30.7 Å². The fourth-order valence-electron chi connectivity index (χ4n) is 2.12. The highest BCUT2D eigenvalue weighted by atomic mass is 35.5. The Labute approximate surface area is 102 Å². The minimum atomic E-state index is 0.613. The van der Waals surface area contributed by atoms with Crippen molar-refractivity contribution < 1.29 is 0 Å². The highest BCUT2D eigenvalue weighted by Crippen LogP contribution is 2.23. The summed E-state index contributed by atoms with van der Waals surface area (Å²) in [6.07, 6.45) is 2.14. The van der Waals surface area contributed by atoms with Crippen molar-refractivity contribution in [3.63, 3.8) is 0 Å². The molecule has 0 radical (unpaired) electrons. The maximum Gasteiger partial charge on any atom is 0.132 e. The van der Waals surface area contributed by atoms with Crippen LogP contribution >= 0.6 is 11.6 Å². The number of aromatic nitrogens is 2. The minimum Gasteiger partial charge on any atom is -0.356 e. The van der Waals surface area contributed by atoms with Gasteiger partial charge in [0.2, 0.25) is 0 Å². The SMILES string of the molecule is CCc1cc(N2CCC(CCl)C2)nc(C)n1. The molecule has 1 aliphatic rings. The van der Waals surface area contributed by atoms with Gasteiger partial charge in [0.15, 0.2) is 0 Å². The van der Waals surface area contributed by atoms with Gasteiger partial charge in [-0.1, -0.05) is 6.92 Å². The molecule has 0 amide bonds. The fourth-order valence-corrected chi connectivity index (χ4v) is 2.37. The van der Waals surface area contributed by atoms with Crippen molar-refractivity contribution in [1.29, 1.82) is 0 Å². The predicted molar refractivity (Wildman–Crippen MR) is 67.2 cm³/mol. The van der Waals surface area contributed by atoms with Crippen LogP contribution in [-0.2, 0) is 6.42 Å². The first kappa shape index (κ1) is 11.6. The first-order valence-electron chi connectivity index (χ1n) is 5.88. The zero-order valence-corrected chi connectivity index (χ0v) is 10.7. The molecule has 0 saturated carbocycles. The van der Waals surface area contributed by atoms with Crippen LogP contribution in [0.4, 0.5) is 5.82 Å². The Morgan fingerprint density at radius 2 is 2.31 bits per heavy atom. The van der Waals surface area contributed by atoms with Crippen LogP contribution in [0.25, 0.3) is 0 Å². The summed E-state index contributed by atoms with van der Waals surface area (Å²) in [4.78, 5) is 11.2. The smallest absolute Gasteiger partial charge is 0.132 e. The Morgan fingerprint density at radius 1 is 1.50 bits per heavy atom. The summed E-state index contributed by atoms with van der Waals surface area (Å²) in [6, 6.07) is 2.10. The van der Waals surface area contributed by atoms with Crippen LogP contribution in [0.1, 0.15) is 24.9 Å². The fraction of sp³-hybridized carbons (Fsp3) is 0.667. The van der Waals surface area contributed by atoms with Gasteiger partial charge < -0.3 is 4.90 Å². The van der Waals surface area contributed by atoms with E-state index in [9.17, 15) is 0 Å². The molecule has 88 valence electrons. The largest absolute Gasteiger partial charge is 0.356 e. The lowest BCUT2D eigenvalue weighted by Crippen LogP contribution is -2.22. The molecule has 3 nitrogen and oxygen atoms in total. The number of alkyl halides is 1. The molecule has 0 bridgehead atoms. The number of hydrogen-bond acceptors (Lipinski definition) is 3. The Balaban J connectivity index is 2.17. The van der Waals surface area contributed by atoms with Crippen LogP contribution in [0.5, 0.6) is 0 Å². The Hall–Kier alpha value is -0.830. The highest BCUT2D eigenvalue weighted by Gasteiger charge is 2.23. The van der Waals surface area contributed by atoms with E-state index in [-0.39, 0.29) is 0 Å². The number of hydrogen-bond donors (Lipinski definition) is 0. The Kier molecular flexibility index (Phi) is 3.64. The first-order valence-corrected chi connectivity index (χ1v) is 6.42. The number of halogens is 1. The van der Waals surface area contributed by atoms with Gasteiger partial charge >= 0.3 is 0 Å². The average molecular weight is 240 g/mol. The number of rotatable bonds is 3. The van der Waals surface area contributed by atoms with Crippen molar-refractivity contribution in [2.45, 2.75) is 26.7 Å². The monoisotopic (exact) mass is 239 g/mol. The van der Waals surface area contributed by atoms with E-state index in [1.54, 1.807) is 0 Å². The second-order valence-electron chi connectivity index (χ2n) is 4.37. The quantitative estimate of drug-likeness (QED) is 0.759. The molecular formula is C12H18ClN3. The molecule has 4 heteroatoms. The topological polar surface area (TPSA) is 29.0 Å². The van der Waals surface area contributed by atoms with Crippen molar-refractivity contribution >= 4 is 17.4 Å². The summed E-state index contributed by atoms with van der Waals surface area (Å²) < 4.78 is 0. The lowest BCUT2D eigenvalue weighted by atomic mass is 10.2. The van der Waals surface area contributed by atoms with Gasteiger partial charge in [-0.3, -0.25) is 0 Å². The third kappa shape index (κ3) is 2.46. The van der Waals surface area contributed by atoms with E-state index >= 15 is 0 Å². The summed E-state index contributed by atoms with van der Waals surface area (Å²) in [5.41, 5.74) is 1.12. The van der Waals surface area contributed by atoms with Crippen molar-refractivity contribution in [3.05, 3.63) is 17.6 Å². The summed E-state index contributed by atoms with van der Waals surface area (Å²) in [5, 5.41) is 0. The van der Waals surface area contributed by atoms with Crippen LogP contribution in [0.2, 0.25) is 0 Å². The van der Waals surface area contributed by atoms with Crippen LogP contribution in [0, 0.1) is 12.8 Å². The van der Waals surface area contributed by atoms with E-state index in [0.717, 1.165) is 42.7 Å². The van der Waals surface area contributed by atoms with Crippen molar-refractivity contribution in [2.75, 3.05) is 23.9 Å². The molecule has 1 fully saturated rings. The molecule has 0 aromatic carbocycles. The lowest BCUT2D eigenvalue weighted by molar-refractivity contribution is 0.666. The third-order valence-corrected chi connectivity index (χ3v) is 3.50. The van der Waals surface area contributed by atoms with Crippen LogP contribution < -0.4 is 4.90 Å². The van der Waals surface area contributed by atoms with Gasteiger partial charge in [-0.25, -0.2) is 9.97 Å². The molecule has 2 heterocycles. The second kappa shape index (κ2) is 5.00. The molecule has 2 rings (SSSR count). The van der Waals surface area contributed by atoms with E-state index in [0.29, 0.717) is 5.92 Å². The number of aryl methyl sites for hydroxylation is 2. The molecule has 1 unspecified atom stereocenters. The Morgan fingerprint density at radius 3 is 2.94 bits per heavy atom. The van der Waals surface area contributed by atoms with E-state index < -0.39 is 0 Å². The molecule has 1 aromatic rings. The predicted octanol–water partition coefficient (Wildman–Crippen LogP) is 2.41. The zero-order valence-electron chi connectivity index (χ0n) is 9.91. The van der Waals surface area contributed by atoms with Gasteiger partial charge in [0.25, 0.3) is 0 Å². The molecule has 16 heavy (non-hydrogen) atoms. The summed E-state index contributed by atoms with van der Waals surface area (Å²) in [5.74, 6) is 3.30. The van der Waals surface area contributed by atoms with Crippen LogP contribution in [-0.4, -0.2) is 28.9 Å². The van der Waals surface area contributed by atoms with Crippen LogP contribution in [0.15, 0.2) is 6.07 Å². The molecule has 0 spiro atoms. The van der Waals surface area contributed by atoms with Gasteiger partial charge in [0.1, 0.15) is 11.6 Å². The zero-order chi connectivity index (χ0) is 11.5. The maximum absolute atomic E-state index is 5.89. The highest BCUT2D eigenvalue weighted by molar-refractivity contribution is 6.18. The van der Waals surface area contributed by atoms with E-state index in [2.05, 4.69) is 27.9 Å².